The van der Waals surface area contributed by atoms with Crippen LogP contribution in [0, 0.1) is 0 Å². The van der Waals surface area contributed by atoms with E-state index >= 15 is 0 Å². The number of anilines is 1. The lowest BCUT2D eigenvalue weighted by atomic mass is 10.0. The molecule has 4 aromatic carbocycles. The molecule has 1 N–H and O–H groups in total. The zero-order valence-electron chi connectivity index (χ0n) is 26.8. The Labute approximate surface area is 287 Å². The van der Waals surface area contributed by atoms with E-state index in [9.17, 15) is 18.0 Å². The van der Waals surface area contributed by atoms with Crippen LogP contribution in [0.15, 0.2) is 103 Å². The molecule has 0 aliphatic heterocycles. The number of sulfonamides is 1. The third-order valence-electron chi connectivity index (χ3n) is 7.18. The van der Waals surface area contributed by atoms with Crippen molar-refractivity contribution in [2.75, 3.05) is 17.1 Å². The minimum Gasteiger partial charge on any atom is -0.489 e. The van der Waals surface area contributed by atoms with Crippen LogP contribution in [0.1, 0.15) is 37.5 Å². The van der Waals surface area contributed by atoms with Gasteiger partial charge in [0.25, 0.3) is 0 Å². The highest BCUT2D eigenvalue weighted by Gasteiger charge is 2.34. The van der Waals surface area contributed by atoms with Crippen LogP contribution in [-0.4, -0.2) is 49.5 Å². The summed E-state index contributed by atoms with van der Waals surface area (Å²) in [6.45, 7) is 5.29. The van der Waals surface area contributed by atoms with Gasteiger partial charge in [0.1, 0.15) is 24.9 Å². The van der Waals surface area contributed by atoms with Crippen LogP contribution >= 0.6 is 23.2 Å². The first-order valence-electron chi connectivity index (χ1n) is 15.0. The number of benzene rings is 4. The summed E-state index contributed by atoms with van der Waals surface area (Å²) >= 11 is 12.7. The number of carbonyl (C=O) groups excluding carboxylic acids is 2. The lowest BCUT2D eigenvalue weighted by molar-refractivity contribution is -0.140. The van der Waals surface area contributed by atoms with Gasteiger partial charge in [-0.1, -0.05) is 89.9 Å². The molecule has 0 saturated carbocycles. The average molecular weight is 697 g/mol. The zero-order valence-corrected chi connectivity index (χ0v) is 29.1. The Morgan fingerprint density at radius 3 is 2.00 bits per heavy atom. The average Bonchev–Trinajstić information content (AvgIpc) is 3.01. The van der Waals surface area contributed by atoms with Crippen molar-refractivity contribution in [2.24, 2.45) is 0 Å². The number of rotatable bonds is 13. The SMILES string of the molecule is CC(C)(C)NC(=O)[C@@H](Cc1ccccc1)N(Cc1ccc(Cl)cc1Cl)C(=O)CN(c1ccc(OCc2ccccc2)cc1)S(C)(=O)=O. The van der Waals surface area contributed by atoms with E-state index in [0.29, 0.717) is 28.0 Å². The Balaban J connectivity index is 1.68. The maximum Gasteiger partial charge on any atom is 0.244 e. The fourth-order valence-electron chi connectivity index (χ4n) is 4.90. The minimum absolute atomic E-state index is 0.0617. The predicted octanol–water partition coefficient (Wildman–Crippen LogP) is 6.89. The van der Waals surface area contributed by atoms with Crippen LogP contribution in [0.25, 0.3) is 0 Å². The summed E-state index contributed by atoms with van der Waals surface area (Å²) in [7, 11) is -3.93. The molecule has 0 aromatic heterocycles. The van der Waals surface area contributed by atoms with E-state index in [-0.39, 0.29) is 24.6 Å². The van der Waals surface area contributed by atoms with E-state index in [2.05, 4.69) is 5.32 Å². The third kappa shape index (κ3) is 10.7. The maximum atomic E-state index is 14.3. The van der Waals surface area contributed by atoms with Gasteiger partial charge in [0.2, 0.25) is 21.8 Å². The molecule has 0 radical (unpaired) electrons. The van der Waals surface area contributed by atoms with Crippen LogP contribution in [0.3, 0.4) is 0 Å². The molecule has 0 spiro atoms. The van der Waals surface area contributed by atoms with Gasteiger partial charge in [-0.3, -0.25) is 13.9 Å². The molecular formula is C36H39Cl2N3O5S. The second kappa shape index (κ2) is 15.7. The molecule has 0 saturated heterocycles. The molecule has 248 valence electrons. The molecule has 0 unspecified atom stereocenters. The number of nitrogens with zero attached hydrogens (tertiary/aromatic N) is 2. The van der Waals surface area contributed by atoms with Crippen molar-refractivity contribution in [2.45, 2.75) is 51.9 Å². The van der Waals surface area contributed by atoms with Gasteiger partial charge in [0.05, 0.1) is 11.9 Å². The van der Waals surface area contributed by atoms with Crippen molar-refractivity contribution < 1.29 is 22.7 Å². The summed E-state index contributed by atoms with van der Waals surface area (Å²) in [6, 6.07) is 29.4. The van der Waals surface area contributed by atoms with Crippen molar-refractivity contribution >= 4 is 50.7 Å². The smallest absolute Gasteiger partial charge is 0.244 e. The molecule has 47 heavy (non-hydrogen) atoms. The van der Waals surface area contributed by atoms with Gasteiger partial charge in [-0.05, 0) is 73.9 Å². The van der Waals surface area contributed by atoms with E-state index in [1.165, 1.54) is 4.90 Å². The zero-order chi connectivity index (χ0) is 34.2. The van der Waals surface area contributed by atoms with Gasteiger partial charge in [0, 0.05) is 28.5 Å². The summed E-state index contributed by atoms with van der Waals surface area (Å²) in [6.07, 6.45) is 1.22. The number of carbonyl (C=O) groups is 2. The number of hydrogen-bond acceptors (Lipinski definition) is 5. The first-order valence-corrected chi connectivity index (χ1v) is 17.6. The first-order chi connectivity index (χ1) is 22.2. The Bertz CT molecular complexity index is 1760. The molecule has 4 aromatic rings. The topological polar surface area (TPSA) is 96.0 Å². The Kier molecular flexibility index (Phi) is 12.0. The summed E-state index contributed by atoms with van der Waals surface area (Å²) in [5, 5.41) is 3.73. The van der Waals surface area contributed by atoms with E-state index in [0.717, 1.165) is 21.7 Å². The highest BCUT2D eigenvalue weighted by atomic mass is 35.5. The van der Waals surface area contributed by atoms with Gasteiger partial charge in [0.15, 0.2) is 0 Å². The first kappa shape index (κ1) is 35.8. The summed E-state index contributed by atoms with van der Waals surface area (Å²) < 4.78 is 33.1. The molecule has 1 atom stereocenters. The third-order valence-corrected chi connectivity index (χ3v) is 8.90. The van der Waals surface area contributed by atoms with Crippen LogP contribution in [-0.2, 0) is 39.2 Å². The molecule has 8 nitrogen and oxygen atoms in total. The molecule has 0 aliphatic rings. The lowest BCUT2D eigenvalue weighted by Gasteiger charge is -2.35. The van der Waals surface area contributed by atoms with Crippen LogP contribution in [0.4, 0.5) is 5.69 Å². The van der Waals surface area contributed by atoms with Crippen molar-refractivity contribution in [3.63, 3.8) is 0 Å². The molecule has 0 heterocycles. The minimum atomic E-state index is -3.93. The van der Waals surface area contributed by atoms with Crippen LogP contribution in [0.5, 0.6) is 5.75 Å². The standard InChI is InChI=1S/C36H39Cl2N3O5S/c1-36(2,3)39-35(43)33(21-26-11-7-5-8-12-26)40(23-28-15-16-29(37)22-32(28)38)34(42)24-41(47(4,44)45)30-17-19-31(20-18-30)46-25-27-13-9-6-10-14-27/h5-20,22,33H,21,23-25H2,1-4H3,(H,39,43)/t33-/m1/s1. The highest BCUT2D eigenvalue weighted by Crippen LogP contribution is 2.26. The van der Waals surface area contributed by atoms with E-state index in [1.54, 1.807) is 42.5 Å². The quantitative estimate of drug-likeness (QED) is 0.164. The molecule has 4 rings (SSSR count). The summed E-state index contributed by atoms with van der Waals surface area (Å²) in [5.74, 6) is -0.431. The van der Waals surface area contributed by atoms with Gasteiger partial charge < -0.3 is 15.0 Å². The second-order valence-corrected chi connectivity index (χ2v) is 15.0. The highest BCUT2D eigenvalue weighted by molar-refractivity contribution is 7.92. The number of hydrogen-bond donors (Lipinski definition) is 1. The van der Waals surface area contributed by atoms with E-state index in [1.807, 2.05) is 81.4 Å². The normalized spacial score (nSPS) is 12.2. The Morgan fingerprint density at radius 2 is 1.45 bits per heavy atom. The maximum absolute atomic E-state index is 14.3. The van der Waals surface area contributed by atoms with Crippen molar-refractivity contribution in [1.29, 1.82) is 0 Å². The second-order valence-electron chi connectivity index (χ2n) is 12.2. The summed E-state index contributed by atoms with van der Waals surface area (Å²) in [5.41, 5.74) is 2.05. The van der Waals surface area contributed by atoms with Crippen molar-refractivity contribution in [3.05, 3.63) is 130 Å². The monoisotopic (exact) mass is 695 g/mol. The van der Waals surface area contributed by atoms with Crippen molar-refractivity contribution in [3.8, 4) is 5.75 Å². The van der Waals surface area contributed by atoms with Crippen LogP contribution < -0.4 is 14.4 Å². The Hall–Kier alpha value is -4.05. The molecule has 11 heteroatoms. The largest absolute Gasteiger partial charge is 0.489 e. The Morgan fingerprint density at radius 1 is 0.851 bits per heavy atom. The molecule has 0 fully saturated rings. The van der Waals surface area contributed by atoms with Gasteiger partial charge in [-0.15, -0.1) is 0 Å². The number of amides is 2. The number of nitrogens with one attached hydrogen (secondary N) is 1. The van der Waals surface area contributed by atoms with E-state index < -0.39 is 34.1 Å². The predicted molar refractivity (Wildman–Crippen MR) is 188 cm³/mol. The molecule has 0 bridgehead atoms. The van der Waals surface area contributed by atoms with Gasteiger partial charge in [-0.2, -0.15) is 0 Å². The molecule has 2 amide bonds. The number of halogens is 2. The van der Waals surface area contributed by atoms with Crippen LogP contribution in [0.2, 0.25) is 10.0 Å². The summed E-state index contributed by atoms with van der Waals surface area (Å²) in [4.78, 5) is 29.6. The molecule has 0 aliphatic carbocycles. The fraction of sp³-hybridized carbons (Fsp3) is 0.278. The lowest BCUT2D eigenvalue weighted by Crippen LogP contribution is -2.56. The van der Waals surface area contributed by atoms with Gasteiger partial charge >= 0.3 is 0 Å². The molecular weight excluding hydrogens is 657 g/mol. The van der Waals surface area contributed by atoms with Gasteiger partial charge in [-0.25, -0.2) is 8.42 Å². The number of ether oxygens (including phenoxy) is 1. The van der Waals surface area contributed by atoms with E-state index in [4.69, 9.17) is 27.9 Å². The van der Waals surface area contributed by atoms with Crippen molar-refractivity contribution in [1.82, 2.24) is 10.2 Å². The fourth-order valence-corrected chi connectivity index (χ4v) is 6.22.